The number of likely N-dealkylation sites (N-methyl/N-ethyl adjacent to an activating group) is 1. The lowest BCUT2D eigenvalue weighted by Gasteiger charge is -2.26. The molecule has 6 nitrogen and oxygen atoms in total. The summed E-state index contributed by atoms with van der Waals surface area (Å²) in [4.78, 5) is 7.52. The zero-order valence-electron chi connectivity index (χ0n) is 20.5. The number of hydroxylamine groups is 1. The smallest absolute Gasteiger partial charge is 0.272 e. The quantitative estimate of drug-likeness (QED) is 0.222. The molecule has 0 amide bonds. The Kier molecular flexibility index (Phi) is 13.6. The van der Waals surface area contributed by atoms with Gasteiger partial charge in [0.15, 0.2) is 11.6 Å². The molecule has 33 heavy (non-hydrogen) atoms. The average Bonchev–Trinajstić information content (AvgIpc) is 2.78. The van der Waals surface area contributed by atoms with Crippen LogP contribution in [0.1, 0.15) is 49.1 Å². The van der Waals surface area contributed by atoms with Gasteiger partial charge in [-0.15, -0.1) is 0 Å². The Morgan fingerprint density at radius 3 is 2.52 bits per heavy atom. The van der Waals surface area contributed by atoms with E-state index in [9.17, 15) is 13.2 Å². The standard InChI is InChI=1S/C22H32F3N3O3.C2H6.2H2/c1-15(2)11-31-27-22-9-17(7-8-28(22)4)12-29-14-26-16(3)18-5-6-20(19(23)10-18)30-13-21(24)25;1-2;;/h5-7,9-10,15-16,21,26-27H,8,11-14H2,1-4H3;1-2H3;2*1H. The first-order valence-corrected chi connectivity index (χ1v) is 11.3. The molecule has 1 aromatic carbocycles. The van der Waals surface area contributed by atoms with Gasteiger partial charge >= 0.3 is 0 Å². The number of benzene rings is 1. The van der Waals surface area contributed by atoms with Gasteiger partial charge in [-0.05, 0) is 42.2 Å². The average molecular weight is 478 g/mol. The minimum Gasteiger partial charge on any atom is -0.485 e. The van der Waals surface area contributed by atoms with Crippen molar-refractivity contribution in [3.63, 3.8) is 0 Å². The Morgan fingerprint density at radius 1 is 1.15 bits per heavy atom. The minimum absolute atomic E-state index is 0. The molecule has 1 aromatic rings. The van der Waals surface area contributed by atoms with E-state index in [2.05, 4.69) is 30.7 Å². The molecular weight excluding hydrogens is 435 g/mol. The van der Waals surface area contributed by atoms with Crippen LogP contribution in [0.2, 0.25) is 0 Å². The first kappa shape index (κ1) is 28.8. The molecule has 1 unspecified atom stereocenters. The van der Waals surface area contributed by atoms with Gasteiger partial charge in [0.2, 0.25) is 0 Å². The van der Waals surface area contributed by atoms with Crippen LogP contribution in [0.3, 0.4) is 0 Å². The number of halogens is 3. The highest BCUT2D eigenvalue weighted by Gasteiger charge is 2.13. The van der Waals surface area contributed by atoms with Crippen molar-refractivity contribution in [2.45, 2.75) is 47.1 Å². The maximum absolute atomic E-state index is 14.0. The summed E-state index contributed by atoms with van der Waals surface area (Å²) < 4.78 is 48.9. The number of hydrogen-bond acceptors (Lipinski definition) is 6. The number of nitrogens with zero attached hydrogens (tertiary/aromatic N) is 1. The molecule has 0 spiro atoms. The van der Waals surface area contributed by atoms with Gasteiger partial charge in [0.1, 0.15) is 12.4 Å². The Morgan fingerprint density at radius 2 is 1.88 bits per heavy atom. The Balaban J connectivity index is 0. The lowest BCUT2D eigenvalue weighted by Crippen LogP contribution is -2.32. The van der Waals surface area contributed by atoms with E-state index in [0.717, 1.165) is 17.9 Å². The zero-order chi connectivity index (χ0) is 24.8. The molecule has 0 radical (unpaired) electrons. The van der Waals surface area contributed by atoms with Gasteiger partial charge in [-0.3, -0.25) is 15.6 Å². The summed E-state index contributed by atoms with van der Waals surface area (Å²) in [5.74, 6) is 0.445. The van der Waals surface area contributed by atoms with Crippen molar-refractivity contribution in [1.82, 2.24) is 15.7 Å². The maximum Gasteiger partial charge on any atom is 0.272 e. The molecule has 2 rings (SSSR count). The summed E-state index contributed by atoms with van der Waals surface area (Å²) in [6.45, 7) is 11.2. The highest BCUT2D eigenvalue weighted by molar-refractivity contribution is 5.31. The van der Waals surface area contributed by atoms with Crippen LogP contribution >= 0.6 is 0 Å². The monoisotopic (exact) mass is 477 g/mol. The second kappa shape index (κ2) is 15.6. The largest absolute Gasteiger partial charge is 0.485 e. The van der Waals surface area contributed by atoms with E-state index in [1.54, 1.807) is 6.07 Å². The molecule has 0 fully saturated rings. The van der Waals surface area contributed by atoms with Crippen molar-refractivity contribution in [3.05, 3.63) is 53.1 Å². The van der Waals surface area contributed by atoms with Crippen molar-refractivity contribution < 1.29 is 30.3 Å². The first-order chi connectivity index (χ1) is 15.8. The number of rotatable bonds is 13. The second-order valence-corrected chi connectivity index (χ2v) is 7.81. The molecule has 0 bridgehead atoms. The highest BCUT2D eigenvalue weighted by Crippen LogP contribution is 2.22. The first-order valence-electron chi connectivity index (χ1n) is 11.3. The zero-order valence-corrected chi connectivity index (χ0v) is 20.5. The molecular formula is C24H42F3N3O3. The third kappa shape index (κ3) is 11.0. The van der Waals surface area contributed by atoms with Crippen molar-refractivity contribution in [3.8, 4) is 5.75 Å². The van der Waals surface area contributed by atoms with Crippen molar-refractivity contribution in [1.29, 1.82) is 0 Å². The summed E-state index contributed by atoms with van der Waals surface area (Å²) in [5.41, 5.74) is 4.66. The van der Waals surface area contributed by atoms with Crippen LogP contribution in [0.15, 0.2) is 41.7 Å². The third-order valence-electron chi connectivity index (χ3n) is 4.54. The number of nitrogens with one attached hydrogen (secondary N) is 2. The predicted octanol–water partition coefficient (Wildman–Crippen LogP) is 5.50. The fourth-order valence-electron chi connectivity index (χ4n) is 2.71. The Labute approximate surface area is 198 Å². The van der Waals surface area contributed by atoms with Crippen molar-refractivity contribution >= 4 is 0 Å². The predicted molar refractivity (Wildman–Crippen MR) is 129 cm³/mol. The van der Waals surface area contributed by atoms with E-state index in [0.29, 0.717) is 24.7 Å². The topological polar surface area (TPSA) is 55.0 Å². The van der Waals surface area contributed by atoms with E-state index in [1.807, 2.05) is 38.8 Å². The molecule has 1 heterocycles. The van der Waals surface area contributed by atoms with Gasteiger partial charge < -0.3 is 14.4 Å². The summed E-state index contributed by atoms with van der Waals surface area (Å²) in [7, 11) is 1.97. The fourth-order valence-corrected chi connectivity index (χ4v) is 2.71. The van der Waals surface area contributed by atoms with E-state index in [-0.39, 0.29) is 21.4 Å². The van der Waals surface area contributed by atoms with E-state index in [1.165, 1.54) is 12.1 Å². The normalized spacial score (nSPS) is 14.5. The van der Waals surface area contributed by atoms with Crippen LogP contribution in [0.25, 0.3) is 0 Å². The van der Waals surface area contributed by atoms with Crippen molar-refractivity contribution in [2.75, 3.05) is 40.1 Å². The van der Waals surface area contributed by atoms with Gasteiger partial charge in [-0.25, -0.2) is 13.2 Å². The Bertz CT molecular complexity index is 769. The number of alkyl halides is 2. The van der Waals surface area contributed by atoms with Crippen LogP contribution in [0.4, 0.5) is 13.2 Å². The number of hydrogen-bond donors (Lipinski definition) is 2. The van der Waals surface area contributed by atoms with Gasteiger partial charge in [0.05, 0.1) is 19.9 Å². The van der Waals surface area contributed by atoms with E-state index < -0.39 is 18.8 Å². The highest BCUT2D eigenvalue weighted by atomic mass is 19.3. The molecule has 0 aliphatic carbocycles. The van der Waals surface area contributed by atoms with Crippen LogP contribution in [-0.2, 0) is 9.57 Å². The molecule has 192 valence electrons. The van der Waals surface area contributed by atoms with Gasteiger partial charge in [-0.1, -0.05) is 39.8 Å². The maximum atomic E-state index is 14.0. The van der Waals surface area contributed by atoms with Gasteiger partial charge in [0, 0.05) is 22.5 Å². The summed E-state index contributed by atoms with van der Waals surface area (Å²) >= 11 is 0. The molecule has 1 aliphatic rings. The third-order valence-corrected chi connectivity index (χ3v) is 4.54. The lowest BCUT2D eigenvalue weighted by atomic mass is 10.1. The van der Waals surface area contributed by atoms with Crippen LogP contribution < -0.4 is 15.5 Å². The van der Waals surface area contributed by atoms with Gasteiger partial charge in [0.25, 0.3) is 6.43 Å². The van der Waals surface area contributed by atoms with Gasteiger partial charge in [-0.2, -0.15) is 0 Å². The molecule has 0 saturated heterocycles. The summed E-state index contributed by atoms with van der Waals surface area (Å²) in [6.07, 6.45) is 1.40. The molecule has 0 saturated carbocycles. The molecule has 0 aromatic heterocycles. The minimum atomic E-state index is -2.65. The molecule has 2 N–H and O–H groups in total. The molecule has 9 heteroatoms. The summed E-state index contributed by atoms with van der Waals surface area (Å²) in [5, 5.41) is 3.15. The SMILES string of the molecule is CC.CC(C)CONC1=CC(COCNC(C)c2ccc(OCC(F)F)c(F)c2)=CCN1C.[HH].[HH]. The van der Waals surface area contributed by atoms with E-state index >= 15 is 0 Å². The summed E-state index contributed by atoms with van der Waals surface area (Å²) in [6, 6.07) is 4.08. The second-order valence-electron chi connectivity index (χ2n) is 7.81. The Hall–Kier alpha value is -2.23. The lowest BCUT2D eigenvalue weighted by molar-refractivity contribution is 0.0276. The molecule has 1 aliphatic heterocycles. The van der Waals surface area contributed by atoms with E-state index in [4.69, 9.17) is 14.3 Å². The fraction of sp³-hybridized carbons (Fsp3) is 0.583. The molecule has 1 atom stereocenters. The number of ether oxygens (including phenoxy) is 2. The van der Waals surface area contributed by atoms with Crippen LogP contribution in [0, 0.1) is 11.7 Å². The van der Waals surface area contributed by atoms with Crippen molar-refractivity contribution in [2.24, 2.45) is 5.92 Å². The van der Waals surface area contributed by atoms with Crippen LogP contribution in [-0.4, -0.2) is 51.5 Å². The van der Waals surface area contributed by atoms with Crippen LogP contribution in [0.5, 0.6) is 5.75 Å².